The van der Waals surface area contributed by atoms with E-state index in [4.69, 9.17) is 0 Å². The Kier molecular flexibility index (Phi) is 4.58. The lowest BCUT2D eigenvalue weighted by atomic mass is 9.73. The number of aryl methyl sites for hydroxylation is 4. The summed E-state index contributed by atoms with van der Waals surface area (Å²) in [4.78, 5) is 0. The van der Waals surface area contributed by atoms with Gasteiger partial charge in [0.15, 0.2) is 0 Å². The molecule has 24 heavy (non-hydrogen) atoms. The molecule has 0 amide bonds. The molecule has 3 rings (SSSR count). The SMILES string of the molecule is Cc1cc(C2CCCC(c3cc(C)c(O)cc3C)C2)c(C)cc1O. The Morgan fingerprint density at radius 1 is 0.667 bits per heavy atom. The molecule has 1 aliphatic carbocycles. The van der Waals surface area contributed by atoms with Crippen molar-refractivity contribution in [3.63, 3.8) is 0 Å². The molecule has 0 bridgehead atoms. The third kappa shape index (κ3) is 3.15. The van der Waals surface area contributed by atoms with Crippen molar-refractivity contribution < 1.29 is 10.2 Å². The number of hydrogen-bond donors (Lipinski definition) is 2. The van der Waals surface area contributed by atoms with Crippen molar-refractivity contribution in [3.05, 3.63) is 57.6 Å². The molecule has 2 nitrogen and oxygen atoms in total. The van der Waals surface area contributed by atoms with Crippen LogP contribution < -0.4 is 0 Å². The van der Waals surface area contributed by atoms with Crippen LogP contribution in [0.1, 0.15) is 70.9 Å². The summed E-state index contributed by atoms with van der Waals surface area (Å²) in [5.74, 6) is 1.90. The summed E-state index contributed by atoms with van der Waals surface area (Å²) in [6.45, 7) is 8.17. The van der Waals surface area contributed by atoms with Crippen LogP contribution in [-0.4, -0.2) is 10.2 Å². The van der Waals surface area contributed by atoms with Gasteiger partial charge in [-0.1, -0.05) is 18.6 Å². The molecule has 0 spiro atoms. The first-order valence-corrected chi connectivity index (χ1v) is 8.97. The van der Waals surface area contributed by atoms with E-state index in [1.54, 1.807) is 0 Å². The van der Waals surface area contributed by atoms with Crippen molar-refractivity contribution in [1.29, 1.82) is 0 Å². The maximum absolute atomic E-state index is 9.92. The molecule has 2 heteroatoms. The highest BCUT2D eigenvalue weighted by molar-refractivity contribution is 5.44. The van der Waals surface area contributed by atoms with E-state index >= 15 is 0 Å². The molecule has 0 aromatic heterocycles. The van der Waals surface area contributed by atoms with E-state index in [0.717, 1.165) is 17.5 Å². The number of rotatable bonds is 2. The lowest BCUT2D eigenvalue weighted by Crippen LogP contribution is -2.15. The van der Waals surface area contributed by atoms with Gasteiger partial charge in [0.1, 0.15) is 11.5 Å². The quantitative estimate of drug-likeness (QED) is 0.736. The van der Waals surface area contributed by atoms with Crippen molar-refractivity contribution >= 4 is 0 Å². The minimum Gasteiger partial charge on any atom is -0.508 e. The zero-order valence-corrected chi connectivity index (χ0v) is 15.2. The van der Waals surface area contributed by atoms with Crippen LogP contribution in [-0.2, 0) is 0 Å². The van der Waals surface area contributed by atoms with Gasteiger partial charge in [0.05, 0.1) is 0 Å². The van der Waals surface area contributed by atoms with Gasteiger partial charge in [-0.05, 0) is 104 Å². The number of phenols is 2. The Bertz CT molecular complexity index is 698. The van der Waals surface area contributed by atoms with Gasteiger partial charge in [-0.25, -0.2) is 0 Å². The summed E-state index contributed by atoms with van der Waals surface area (Å²) in [7, 11) is 0. The van der Waals surface area contributed by atoms with Gasteiger partial charge in [0.25, 0.3) is 0 Å². The molecule has 2 unspecified atom stereocenters. The Hall–Kier alpha value is -1.96. The highest BCUT2D eigenvalue weighted by Gasteiger charge is 2.27. The van der Waals surface area contributed by atoms with Gasteiger partial charge in [-0.3, -0.25) is 0 Å². The van der Waals surface area contributed by atoms with Crippen LogP contribution in [0.3, 0.4) is 0 Å². The Labute approximate surface area is 145 Å². The van der Waals surface area contributed by atoms with E-state index in [0.29, 0.717) is 23.3 Å². The molecule has 0 heterocycles. The highest BCUT2D eigenvalue weighted by atomic mass is 16.3. The second-order valence-corrected chi connectivity index (χ2v) is 7.55. The Morgan fingerprint density at radius 2 is 1.08 bits per heavy atom. The number of hydrogen-bond acceptors (Lipinski definition) is 2. The van der Waals surface area contributed by atoms with Crippen molar-refractivity contribution in [2.75, 3.05) is 0 Å². The van der Waals surface area contributed by atoms with E-state index in [1.165, 1.54) is 41.5 Å². The van der Waals surface area contributed by atoms with Gasteiger partial charge in [-0.15, -0.1) is 0 Å². The first kappa shape index (κ1) is 16.9. The van der Waals surface area contributed by atoms with Crippen molar-refractivity contribution in [3.8, 4) is 11.5 Å². The molecule has 2 aromatic carbocycles. The third-order valence-corrected chi connectivity index (χ3v) is 5.72. The smallest absolute Gasteiger partial charge is 0.118 e. The molecule has 0 radical (unpaired) electrons. The van der Waals surface area contributed by atoms with Crippen LogP contribution in [0.5, 0.6) is 11.5 Å². The summed E-state index contributed by atoms with van der Waals surface area (Å²) in [6.07, 6.45) is 4.82. The molecule has 1 aliphatic rings. The van der Waals surface area contributed by atoms with Crippen molar-refractivity contribution in [2.24, 2.45) is 0 Å². The van der Waals surface area contributed by atoms with Crippen molar-refractivity contribution in [1.82, 2.24) is 0 Å². The van der Waals surface area contributed by atoms with Crippen molar-refractivity contribution in [2.45, 2.75) is 65.2 Å². The molecule has 0 saturated heterocycles. The molecular formula is C22H28O2. The third-order valence-electron chi connectivity index (χ3n) is 5.72. The highest BCUT2D eigenvalue weighted by Crippen LogP contribution is 2.44. The summed E-state index contributed by atoms with van der Waals surface area (Å²) in [5.41, 5.74) is 7.11. The lowest BCUT2D eigenvalue weighted by molar-refractivity contribution is 0.390. The first-order chi connectivity index (χ1) is 11.4. The van der Waals surface area contributed by atoms with Crippen LogP contribution in [0.25, 0.3) is 0 Å². The molecular weight excluding hydrogens is 296 g/mol. The molecule has 2 N–H and O–H groups in total. The van der Waals surface area contributed by atoms with Gasteiger partial charge in [0.2, 0.25) is 0 Å². The molecule has 0 aliphatic heterocycles. The first-order valence-electron chi connectivity index (χ1n) is 8.97. The monoisotopic (exact) mass is 324 g/mol. The van der Waals surface area contributed by atoms with E-state index in [1.807, 2.05) is 26.0 Å². The zero-order valence-electron chi connectivity index (χ0n) is 15.2. The Morgan fingerprint density at radius 3 is 1.50 bits per heavy atom. The minimum absolute atomic E-state index is 0.397. The van der Waals surface area contributed by atoms with Gasteiger partial charge in [0, 0.05) is 0 Å². The summed E-state index contributed by atoms with van der Waals surface area (Å²) in [5, 5.41) is 19.8. The molecule has 2 aromatic rings. The maximum atomic E-state index is 9.92. The van der Waals surface area contributed by atoms with Crippen LogP contribution >= 0.6 is 0 Å². The second-order valence-electron chi connectivity index (χ2n) is 7.55. The molecule has 2 atom stereocenters. The van der Waals surface area contributed by atoms with Gasteiger partial charge < -0.3 is 10.2 Å². The van der Waals surface area contributed by atoms with Crippen LogP contribution in [0.15, 0.2) is 24.3 Å². The van der Waals surface area contributed by atoms with Gasteiger partial charge >= 0.3 is 0 Å². The number of benzene rings is 2. The summed E-state index contributed by atoms with van der Waals surface area (Å²) < 4.78 is 0. The zero-order chi connectivity index (χ0) is 17.4. The predicted molar refractivity (Wildman–Crippen MR) is 99.1 cm³/mol. The molecule has 1 fully saturated rings. The van der Waals surface area contributed by atoms with E-state index < -0.39 is 0 Å². The van der Waals surface area contributed by atoms with Gasteiger partial charge in [-0.2, -0.15) is 0 Å². The number of phenolic OH excluding ortho intramolecular Hbond substituents is 2. The average Bonchev–Trinajstić information content (AvgIpc) is 2.54. The maximum Gasteiger partial charge on any atom is 0.118 e. The fourth-order valence-electron chi connectivity index (χ4n) is 4.28. The standard InChI is InChI=1S/C22H28O2/c1-13-10-21(23)15(3)8-19(13)17-6-5-7-18(12-17)20-9-16(4)22(24)11-14(20)2/h8-11,17-18,23-24H,5-7,12H2,1-4H3. The summed E-state index contributed by atoms with van der Waals surface area (Å²) >= 11 is 0. The molecule has 128 valence electrons. The van der Waals surface area contributed by atoms with E-state index in [2.05, 4.69) is 26.0 Å². The van der Waals surface area contributed by atoms with Crippen LogP contribution in [0.4, 0.5) is 0 Å². The largest absolute Gasteiger partial charge is 0.508 e. The Balaban J connectivity index is 1.90. The summed E-state index contributed by atoms with van der Waals surface area (Å²) in [6, 6.07) is 8.16. The predicted octanol–water partition coefficient (Wildman–Crippen LogP) is 5.77. The van der Waals surface area contributed by atoms with E-state index in [-0.39, 0.29) is 0 Å². The van der Waals surface area contributed by atoms with Crippen LogP contribution in [0, 0.1) is 27.7 Å². The van der Waals surface area contributed by atoms with Crippen LogP contribution in [0.2, 0.25) is 0 Å². The normalized spacial score (nSPS) is 21.0. The second kappa shape index (κ2) is 6.51. The fraction of sp³-hybridized carbons (Fsp3) is 0.455. The fourth-order valence-corrected chi connectivity index (χ4v) is 4.28. The topological polar surface area (TPSA) is 40.5 Å². The minimum atomic E-state index is 0.397. The average molecular weight is 324 g/mol. The van der Waals surface area contributed by atoms with E-state index in [9.17, 15) is 10.2 Å². The number of aromatic hydroxyl groups is 2. The molecule has 1 saturated carbocycles. The lowest BCUT2D eigenvalue weighted by Gasteiger charge is -2.32.